The van der Waals surface area contributed by atoms with E-state index in [1.54, 1.807) is 0 Å². The number of carbonyl (C=O) groups excluding carboxylic acids is 1. The lowest BCUT2D eigenvalue weighted by Crippen LogP contribution is -2.49. The van der Waals surface area contributed by atoms with Gasteiger partial charge in [0.25, 0.3) is 5.91 Å². The summed E-state index contributed by atoms with van der Waals surface area (Å²) < 4.78 is 29.8. The summed E-state index contributed by atoms with van der Waals surface area (Å²) in [6.07, 6.45) is 3.80. The van der Waals surface area contributed by atoms with E-state index in [2.05, 4.69) is 28.3 Å². The highest BCUT2D eigenvalue weighted by atomic mass is 19.1. The Bertz CT molecular complexity index is 746. The van der Waals surface area contributed by atoms with Gasteiger partial charge in [-0.15, -0.1) is 0 Å². The number of nitrogens with zero attached hydrogens (tertiary/aromatic N) is 4. The van der Waals surface area contributed by atoms with Gasteiger partial charge in [-0.1, -0.05) is 19.9 Å². The van der Waals surface area contributed by atoms with Gasteiger partial charge in [-0.25, -0.2) is 13.8 Å². The van der Waals surface area contributed by atoms with Crippen molar-refractivity contribution in [2.24, 2.45) is 0 Å². The molecule has 1 amide bonds. The fourth-order valence-electron chi connectivity index (χ4n) is 3.29. The largest absolute Gasteiger partial charge is 0.336 e. The Morgan fingerprint density at radius 2 is 1.77 bits per heavy atom. The van der Waals surface area contributed by atoms with Crippen LogP contribution in [0.4, 0.5) is 8.78 Å². The van der Waals surface area contributed by atoms with Crippen LogP contribution in [0.3, 0.4) is 0 Å². The third kappa shape index (κ3) is 3.93. The van der Waals surface area contributed by atoms with Crippen molar-refractivity contribution in [3.8, 4) is 0 Å². The second-order valence-corrected chi connectivity index (χ2v) is 6.86. The average Bonchev–Trinajstić information content (AvgIpc) is 3.09. The molecule has 0 spiro atoms. The van der Waals surface area contributed by atoms with E-state index in [0.717, 1.165) is 31.0 Å². The maximum Gasteiger partial charge on any atom is 0.259 e. The van der Waals surface area contributed by atoms with Crippen LogP contribution in [-0.4, -0.2) is 58.0 Å². The van der Waals surface area contributed by atoms with Crippen molar-refractivity contribution in [3.05, 3.63) is 53.6 Å². The maximum atomic E-state index is 13.8. The minimum Gasteiger partial charge on any atom is -0.336 e. The zero-order valence-corrected chi connectivity index (χ0v) is 15.2. The van der Waals surface area contributed by atoms with Gasteiger partial charge >= 0.3 is 0 Å². The topological polar surface area (TPSA) is 41.4 Å². The smallest absolute Gasteiger partial charge is 0.259 e. The Balaban J connectivity index is 1.54. The summed E-state index contributed by atoms with van der Waals surface area (Å²) in [5, 5.41) is 0. The molecule has 0 unspecified atom stereocenters. The molecule has 2 aromatic rings. The quantitative estimate of drug-likeness (QED) is 0.821. The van der Waals surface area contributed by atoms with Crippen LogP contribution in [0.25, 0.3) is 0 Å². The molecule has 1 aliphatic rings. The Labute approximate surface area is 152 Å². The number of aromatic nitrogens is 2. The van der Waals surface area contributed by atoms with Crippen LogP contribution >= 0.6 is 0 Å². The lowest BCUT2D eigenvalue weighted by atomic mass is 10.1. The summed E-state index contributed by atoms with van der Waals surface area (Å²) in [4.78, 5) is 20.6. The van der Waals surface area contributed by atoms with Crippen LogP contribution in [0, 0.1) is 11.6 Å². The van der Waals surface area contributed by atoms with Gasteiger partial charge in [-0.3, -0.25) is 9.69 Å². The van der Waals surface area contributed by atoms with Crippen molar-refractivity contribution in [2.45, 2.75) is 26.3 Å². The molecule has 1 saturated heterocycles. The zero-order valence-electron chi connectivity index (χ0n) is 15.2. The number of hydrogen-bond acceptors (Lipinski definition) is 3. The number of amides is 1. The minimum atomic E-state index is -0.807. The molecule has 1 aromatic carbocycles. The summed E-state index contributed by atoms with van der Waals surface area (Å²) in [5.41, 5.74) is -0.457. The van der Waals surface area contributed by atoms with E-state index in [0.29, 0.717) is 32.1 Å². The van der Waals surface area contributed by atoms with Crippen LogP contribution in [0.15, 0.2) is 30.6 Å². The van der Waals surface area contributed by atoms with Crippen molar-refractivity contribution in [3.63, 3.8) is 0 Å². The van der Waals surface area contributed by atoms with Crippen LogP contribution in [-0.2, 0) is 6.54 Å². The second kappa shape index (κ2) is 7.95. The van der Waals surface area contributed by atoms with Crippen molar-refractivity contribution in [2.75, 3.05) is 32.7 Å². The monoisotopic (exact) mass is 362 g/mol. The molecular weight excluding hydrogens is 338 g/mol. The first-order valence-electron chi connectivity index (χ1n) is 8.94. The summed E-state index contributed by atoms with van der Waals surface area (Å²) in [7, 11) is 0. The van der Waals surface area contributed by atoms with Gasteiger partial charge in [-0.05, 0) is 12.1 Å². The molecule has 0 atom stereocenters. The minimum absolute atomic E-state index is 0.370. The maximum absolute atomic E-state index is 13.8. The second-order valence-electron chi connectivity index (χ2n) is 6.86. The van der Waals surface area contributed by atoms with Crippen LogP contribution in [0.1, 0.15) is 35.9 Å². The van der Waals surface area contributed by atoms with E-state index in [9.17, 15) is 13.6 Å². The highest BCUT2D eigenvalue weighted by Gasteiger charge is 2.26. The lowest BCUT2D eigenvalue weighted by Gasteiger charge is -2.35. The molecule has 0 bridgehead atoms. The Morgan fingerprint density at radius 1 is 1.12 bits per heavy atom. The fraction of sp³-hybridized carbons (Fsp3) is 0.474. The summed E-state index contributed by atoms with van der Waals surface area (Å²) in [6.45, 7) is 8.23. The molecule has 1 aromatic heterocycles. The molecule has 1 aliphatic heterocycles. The third-order valence-electron chi connectivity index (χ3n) is 4.76. The van der Waals surface area contributed by atoms with Gasteiger partial charge in [0, 0.05) is 57.6 Å². The normalized spacial score (nSPS) is 15.7. The fourth-order valence-corrected chi connectivity index (χ4v) is 3.29. The van der Waals surface area contributed by atoms with Crippen LogP contribution in [0.2, 0.25) is 0 Å². The summed E-state index contributed by atoms with van der Waals surface area (Å²) in [5.74, 6) is -0.751. The summed E-state index contributed by atoms with van der Waals surface area (Å²) >= 11 is 0. The van der Waals surface area contributed by atoms with Gasteiger partial charge in [-0.2, -0.15) is 0 Å². The Morgan fingerprint density at radius 3 is 2.38 bits per heavy atom. The van der Waals surface area contributed by atoms with Gasteiger partial charge in [0.15, 0.2) is 0 Å². The van der Waals surface area contributed by atoms with E-state index in [4.69, 9.17) is 0 Å². The molecule has 7 heteroatoms. The van der Waals surface area contributed by atoms with Crippen molar-refractivity contribution in [1.82, 2.24) is 19.4 Å². The molecule has 0 aliphatic carbocycles. The third-order valence-corrected chi connectivity index (χ3v) is 4.76. The zero-order chi connectivity index (χ0) is 18.7. The van der Waals surface area contributed by atoms with E-state index < -0.39 is 23.1 Å². The van der Waals surface area contributed by atoms with Crippen LogP contribution in [0.5, 0.6) is 0 Å². The first kappa shape index (κ1) is 18.5. The number of rotatable bonds is 5. The highest BCUT2D eigenvalue weighted by Crippen LogP contribution is 2.16. The van der Waals surface area contributed by atoms with Gasteiger partial charge < -0.3 is 9.47 Å². The van der Waals surface area contributed by atoms with Gasteiger partial charge in [0.05, 0.1) is 0 Å². The van der Waals surface area contributed by atoms with E-state index in [-0.39, 0.29) is 0 Å². The van der Waals surface area contributed by atoms with Crippen molar-refractivity contribution < 1.29 is 13.6 Å². The number of hydrogen-bond donors (Lipinski definition) is 0. The number of benzene rings is 1. The van der Waals surface area contributed by atoms with Crippen molar-refractivity contribution >= 4 is 5.91 Å². The number of halogens is 2. The first-order valence-corrected chi connectivity index (χ1v) is 8.94. The first-order chi connectivity index (χ1) is 12.5. The molecule has 3 rings (SSSR count). The predicted octanol–water partition coefficient (Wildman–Crippen LogP) is 2.74. The van der Waals surface area contributed by atoms with E-state index >= 15 is 0 Å². The van der Waals surface area contributed by atoms with Crippen LogP contribution < -0.4 is 0 Å². The number of piperazine rings is 1. The molecule has 0 radical (unpaired) electrons. The molecular formula is C19H24F2N4O. The van der Waals surface area contributed by atoms with E-state index in [1.807, 2.05) is 12.4 Å². The highest BCUT2D eigenvalue weighted by molar-refractivity contribution is 5.94. The lowest BCUT2D eigenvalue weighted by molar-refractivity contribution is 0.0623. The molecule has 0 N–H and O–H groups in total. The molecule has 26 heavy (non-hydrogen) atoms. The molecule has 0 saturated carbocycles. The Kier molecular flexibility index (Phi) is 5.66. The number of imidazole rings is 1. The molecule has 5 nitrogen and oxygen atoms in total. The predicted molar refractivity (Wildman–Crippen MR) is 95.0 cm³/mol. The van der Waals surface area contributed by atoms with Gasteiger partial charge in [0.2, 0.25) is 0 Å². The van der Waals surface area contributed by atoms with Gasteiger partial charge in [0.1, 0.15) is 23.0 Å². The summed E-state index contributed by atoms with van der Waals surface area (Å²) in [6, 6.07) is 3.49. The van der Waals surface area contributed by atoms with E-state index in [1.165, 1.54) is 11.0 Å². The number of carbonyl (C=O) groups is 1. The van der Waals surface area contributed by atoms with Crippen molar-refractivity contribution in [1.29, 1.82) is 0 Å². The molecule has 2 heterocycles. The Hall–Kier alpha value is -2.28. The molecule has 140 valence electrons. The SMILES string of the molecule is CC(C)c1nccn1CCN1CCN(C(=O)c2c(F)cccc2F)CC1. The average molecular weight is 362 g/mol. The molecule has 1 fully saturated rings. The standard InChI is InChI=1S/C19H24F2N4O/c1-14(2)18-22-6-7-24(18)11-8-23-9-12-25(13-10-23)19(26)17-15(20)4-3-5-16(17)21/h3-7,14H,8-13H2,1-2H3.